The van der Waals surface area contributed by atoms with Crippen molar-refractivity contribution in [1.82, 2.24) is 0 Å². The molecule has 0 fully saturated rings. The molecule has 0 aliphatic rings. The minimum Gasteiger partial charge on any atom is -0.205 e. The van der Waals surface area contributed by atoms with E-state index in [1.807, 2.05) is 0 Å². The Morgan fingerprint density at radius 2 is 1.29 bits per heavy atom. The van der Waals surface area contributed by atoms with E-state index in [-0.39, 0.29) is 9.24 Å². The largest absolute Gasteiger partial charge is 0.412 e. The summed E-state index contributed by atoms with van der Waals surface area (Å²) in [4.78, 5) is 0. The van der Waals surface area contributed by atoms with Crippen LogP contribution in [0.15, 0.2) is 11.9 Å². The van der Waals surface area contributed by atoms with Gasteiger partial charge in [0, 0.05) is 0 Å². The molecule has 0 aromatic heterocycles. The Bertz CT molecular complexity index is 233. The van der Waals surface area contributed by atoms with Gasteiger partial charge < -0.3 is 0 Å². The molecule has 1 unspecified atom stereocenters. The van der Waals surface area contributed by atoms with E-state index in [2.05, 4.69) is 0 Å². The summed E-state index contributed by atoms with van der Waals surface area (Å²) in [5, 5.41) is 0. The van der Waals surface area contributed by atoms with Crippen LogP contribution in [0.4, 0.5) is 35.1 Å². The van der Waals surface area contributed by atoms with E-state index in [1.165, 1.54) is 0 Å². The average Bonchev–Trinajstić information content (AvgIpc) is 1.80. The Balaban J connectivity index is 5.04. The third-order valence-corrected chi connectivity index (χ3v) is 1.37. The topological polar surface area (TPSA) is 0 Å². The maximum absolute atomic E-state index is 12.1. The second kappa shape index (κ2) is 3.64. The molecular formula is C5H3F8P. The van der Waals surface area contributed by atoms with Crippen LogP contribution in [0.5, 0.6) is 0 Å². The molecule has 0 nitrogen and oxygen atoms in total. The van der Waals surface area contributed by atoms with Crippen LogP contribution in [0, 0.1) is 0 Å². The minimum atomic E-state index is -5.49. The third kappa shape index (κ3) is 3.40. The lowest BCUT2D eigenvalue weighted by molar-refractivity contribution is -0.142. The van der Waals surface area contributed by atoms with Gasteiger partial charge in [-0.2, -0.15) is 30.7 Å². The van der Waals surface area contributed by atoms with Crippen molar-refractivity contribution in [2.45, 2.75) is 17.8 Å². The second-order valence-electron chi connectivity index (χ2n) is 2.23. The van der Waals surface area contributed by atoms with Crippen LogP contribution < -0.4 is 0 Å². The molecule has 0 bridgehead atoms. The number of hydrogen-bond donors (Lipinski definition) is 0. The maximum atomic E-state index is 12.1. The Kier molecular flexibility index (Phi) is 3.54. The first-order chi connectivity index (χ1) is 5.88. The first-order valence-corrected chi connectivity index (χ1v) is 3.46. The van der Waals surface area contributed by atoms with Crippen LogP contribution in [0.2, 0.25) is 0 Å². The predicted octanol–water partition coefficient (Wildman–Crippen LogP) is 3.51. The van der Waals surface area contributed by atoms with Gasteiger partial charge in [0.2, 0.25) is 0 Å². The van der Waals surface area contributed by atoms with Crippen molar-refractivity contribution in [3.05, 3.63) is 11.9 Å². The fraction of sp³-hybridized carbons (Fsp3) is 0.600. The van der Waals surface area contributed by atoms with E-state index in [4.69, 9.17) is 0 Å². The van der Waals surface area contributed by atoms with Gasteiger partial charge in [-0.3, -0.25) is 0 Å². The van der Waals surface area contributed by atoms with E-state index in [9.17, 15) is 35.1 Å². The first-order valence-electron chi connectivity index (χ1n) is 2.88. The smallest absolute Gasteiger partial charge is 0.205 e. The minimum absolute atomic E-state index is 0.268. The molecule has 1 atom stereocenters. The highest BCUT2D eigenvalue weighted by atomic mass is 31.0. The molecule has 0 spiro atoms. The molecule has 0 aliphatic heterocycles. The van der Waals surface area contributed by atoms with Crippen molar-refractivity contribution in [2.24, 2.45) is 0 Å². The Labute approximate surface area is 75.2 Å². The molecule has 0 aromatic rings. The molecule has 14 heavy (non-hydrogen) atoms. The van der Waals surface area contributed by atoms with Gasteiger partial charge in [0.05, 0.1) is 6.08 Å². The van der Waals surface area contributed by atoms with Crippen molar-refractivity contribution in [3.63, 3.8) is 0 Å². The lowest BCUT2D eigenvalue weighted by Gasteiger charge is -2.21. The summed E-state index contributed by atoms with van der Waals surface area (Å²) >= 11 is 0. The van der Waals surface area contributed by atoms with Gasteiger partial charge in [-0.05, 0) is 0 Å². The number of alkyl halides is 7. The van der Waals surface area contributed by atoms with Crippen LogP contribution in [-0.2, 0) is 0 Å². The molecule has 0 rings (SSSR count). The summed E-state index contributed by atoms with van der Waals surface area (Å²) in [6, 6.07) is 0. The summed E-state index contributed by atoms with van der Waals surface area (Å²) in [6.45, 7) is 0. The van der Waals surface area contributed by atoms with Gasteiger partial charge in [0.15, 0.2) is 5.83 Å². The van der Waals surface area contributed by atoms with E-state index < -0.39 is 29.7 Å². The quantitative estimate of drug-likeness (QED) is 0.516. The highest BCUT2D eigenvalue weighted by Crippen LogP contribution is 2.45. The number of hydrogen-bond acceptors (Lipinski definition) is 0. The van der Waals surface area contributed by atoms with Crippen molar-refractivity contribution in [2.75, 3.05) is 0 Å². The molecule has 0 N–H and O–H groups in total. The van der Waals surface area contributed by atoms with Crippen molar-refractivity contribution >= 4 is 9.24 Å². The SMILES string of the molecule is F/C(=C\C(F)(F)F)C(F)(F)C(F)(F)P. The van der Waals surface area contributed by atoms with Gasteiger partial charge in [-0.1, -0.05) is 9.24 Å². The molecule has 84 valence electrons. The summed E-state index contributed by atoms with van der Waals surface area (Å²) in [5.74, 6) is -8.72. The van der Waals surface area contributed by atoms with Crippen LogP contribution in [-0.4, -0.2) is 17.8 Å². The fourth-order valence-electron chi connectivity index (χ4n) is 0.394. The molecule has 0 saturated heterocycles. The normalized spacial score (nSPS) is 15.9. The van der Waals surface area contributed by atoms with Gasteiger partial charge in [-0.15, -0.1) is 0 Å². The van der Waals surface area contributed by atoms with Gasteiger partial charge in [0.25, 0.3) is 0 Å². The lowest BCUT2D eigenvalue weighted by Crippen LogP contribution is -2.36. The zero-order valence-electron chi connectivity index (χ0n) is 6.18. The Hall–Kier alpha value is -0.390. The average molecular weight is 246 g/mol. The van der Waals surface area contributed by atoms with Crippen LogP contribution in [0.25, 0.3) is 0 Å². The van der Waals surface area contributed by atoms with Crippen molar-refractivity contribution < 1.29 is 35.1 Å². The van der Waals surface area contributed by atoms with E-state index >= 15 is 0 Å². The van der Waals surface area contributed by atoms with Crippen molar-refractivity contribution in [3.8, 4) is 0 Å². The van der Waals surface area contributed by atoms with E-state index in [0.29, 0.717) is 0 Å². The highest BCUT2D eigenvalue weighted by molar-refractivity contribution is 7.18. The summed E-state index contributed by atoms with van der Waals surface area (Å²) in [7, 11) is 0.268. The number of rotatable bonds is 2. The molecule has 0 aliphatic carbocycles. The predicted molar refractivity (Wildman–Crippen MR) is 34.9 cm³/mol. The number of allylic oxidation sites excluding steroid dienone is 2. The van der Waals surface area contributed by atoms with Gasteiger partial charge in [-0.25, -0.2) is 4.39 Å². The van der Waals surface area contributed by atoms with Crippen LogP contribution in [0.1, 0.15) is 0 Å². The third-order valence-electron chi connectivity index (χ3n) is 1.01. The summed E-state index contributed by atoms with van der Waals surface area (Å²) in [5.41, 5.74) is -4.97. The van der Waals surface area contributed by atoms with E-state index in [0.717, 1.165) is 0 Å². The molecule has 0 aromatic carbocycles. The fourth-order valence-corrected chi connectivity index (χ4v) is 0.531. The molecular weight excluding hydrogens is 243 g/mol. The summed E-state index contributed by atoms with van der Waals surface area (Å²) in [6.07, 6.45) is -6.92. The van der Waals surface area contributed by atoms with Gasteiger partial charge in [0.1, 0.15) is 0 Å². The van der Waals surface area contributed by atoms with E-state index in [1.54, 1.807) is 0 Å². The monoisotopic (exact) mass is 246 g/mol. The zero-order chi connectivity index (χ0) is 11.8. The van der Waals surface area contributed by atoms with Crippen LogP contribution >= 0.6 is 9.24 Å². The molecule has 9 heteroatoms. The number of halogens is 8. The molecule has 0 amide bonds. The Morgan fingerprint density at radius 1 is 0.929 bits per heavy atom. The molecule has 0 saturated carbocycles. The first kappa shape index (κ1) is 13.6. The second-order valence-corrected chi connectivity index (χ2v) is 2.96. The van der Waals surface area contributed by atoms with Gasteiger partial charge >= 0.3 is 17.8 Å². The summed E-state index contributed by atoms with van der Waals surface area (Å²) < 4.78 is 94.1. The molecule has 0 heterocycles. The standard InChI is InChI=1S/C5H3F8P/c6-2(1-3(7,8)9)4(10,11)5(12,13)14/h1H,14H2/b2-1-. The Morgan fingerprint density at radius 3 is 1.50 bits per heavy atom. The highest BCUT2D eigenvalue weighted by Gasteiger charge is 2.57. The van der Waals surface area contributed by atoms with Crippen molar-refractivity contribution in [1.29, 1.82) is 0 Å². The molecule has 0 radical (unpaired) electrons. The van der Waals surface area contributed by atoms with Crippen LogP contribution in [0.3, 0.4) is 0 Å². The lowest BCUT2D eigenvalue weighted by atomic mass is 10.3. The maximum Gasteiger partial charge on any atom is 0.412 e. The zero-order valence-corrected chi connectivity index (χ0v) is 7.33.